The molecule has 0 aliphatic carbocycles. The molecule has 0 radical (unpaired) electrons. The van der Waals surface area contributed by atoms with Crippen LogP contribution in [0.2, 0.25) is 0 Å². The Morgan fingerprint density at radius 2 is 1.17 bits per heavy atom. The summed E-state index contributed by atoms with van der Waals surface area (Å²) in [5.74, 6) is 0. The molecule has 0 fully saturated rings. The average molecular weight is 353 g/mol. The molecule has 0 unspecified atom stereocenters. The molecule has 90 valence electrons. The van der Waals surface area contributed by atoms with Gasteiger partial charge in [0.05, 0.1) is 10.8 Å². The second-order valence-electron chi connectivity index (χ2n) is 3.42. The Balaban J connectivity index is 0.000000372. The van der Waals surface area contributed by atoms with E-state index in [0.717, 1.165) is 21.9 Å². The summed E-state index contributed by atoms with van der Waals surface area (Å²) in [4.78, 5) is 0. The van der Waals surface area contributed by atoms with E-state index >= 15 is 0 Å². The van der Waals surface area contributed by atoms with Gasteiger partial charge in [-0.1, -0.05) is 24.3 Å². The predicted molar refractivity (Wildman–Crippen MR) is 69.8 cm³/mol. The van der Waals surface area contributed by atoms with Gasteiger partial charge in [0.15, 0.2) is 0 Å². The summed E-state index contributed by atoms with van der Waals surface area (Å²) < 4.78 is 5.75. The SMILES string of the molecule is [Cl-].[Cl][Zn][Cl].c1ccc2[o+]c3ccccc3cc2c1. The van der Waals surface area contributed by atoms with Crippen molar-refractivity contribution in [2.75, 3.05) is 0 Å². The Bertz CT molecular complexity index is 525. The third-order valence-electron chi connectivity index (χ3n) is 2.37. The van der Waals surface area contributed by atoms with Gasteiger partial charge in [0.25, 0.3) is 0 Å². The van der Waals surface area contributed by atoms with Gasteiger partial charge in [-0.25, -0.2) is 4.42 Å². The molecule has 2 aromatic carbocycles. The number of hydrogen-bond acceptors (Lipinski definition) is 0. The summed E-state index contributed by atoms with van der Waals surface area (Å²) in [7, 11) is 9.90. The minimum atomic E-state index is -0.931. The maximum absolute atomic E-state index is 5.75. The Morgan fingerprint density at radius 1 is 0.778 bits per heavy atom. The van der Waals surface area contributed by atoms with Crippen LogP contribution in [0.25, 0.3) is 21.9 Å². The van der Waals surface area contributed by atoms with E-state index in [1.165, 1.54) is 0 Å². The van der Waals surface area contributed by atoms with Crippen LogP contribution in [-0.2, 0) is 15.1 Å². The second kappa shape index (κ2) is 7.91. The molecule has 5 heteroatoms. The van der Waals surface area contributed by atoms with Crippen LogP contribution in [0.3, 0.4) is 0 Å². The zero-order valence-electron chi connectivity index (χ0n) is 9.45. The van der Waals surface area contributed by atoms with Crippen molar-refractivity contribution in [2.45, 2.75) is 0 Å². The number of rotatable bonds is 0. The van der Waals surface area contributed by atoms with Gasteiger partial charge in [0, 0.05) is 12.1 Å². The fourth-order valence-corrected chi connectivity index (χ4v) is 1.67. The summed E-state index contributed by atoms with van der Waals surface area (Å²) in [5, 5.41) is 2.29. The first kappa shape index (κ1) is 15.7. The molecule has 0 spiro atoms. The van der Waals surface area contributed by atoms with Crippen molar-refractivity contribution >= 4 is 41.3 Å². The quantitative estimate of drug-likeness (QED) is 0.343. The normalized spacial score (nSPS) is 9.00. The van der Waals surface area contributed by atoms with Gasteiger partial charge in [-0.3, -0.25) is 0 Å². The Kier molecular flexibility index (Phi) is 6.88. The van der Waals surface area contributed by atoms with E-state index in [1.807, 2.05) is 36.4 Å². The van der Waals surface area contributed by atoms with E-state index < -0.39 is 15.1 Å². The molecule has 0 aliphatic heterocycles. The Morgan fingerprint density at radius 3 is 1.61 bits per heavy atom. The van der Waals surface area contributed by atoms with Gasteiger partial charge in [0.2, 0.25) is 0 Å². The van der Waals surface area contributed by atoms with Crippen LogP contribution in [0.1, 0.15) is 0 Å². The van der Waals surface area contributed by atoms with Crippen LogP contribution in [0.15, 0.2) is 59.0 Å². The van der Waals surface area contributed by atoms with Crippen molar-refractivity contribution in [3.05, 3.63) is 54.6 Å². The van der Waals surface area contributed by atoms with E-state index in [9.17, 15) is 0 Å². The first-order chi connectivity index (χ1) is 8.35. The van der Waals surface area contributed by atoms with Gasteiger partial charge in [-0.2, -0.15) is 0 Å². The van der Waals surface area contributed by atoms with Crippen molar-refractivity contribution in [3.8, 4) is 0 Å². The maximum Gasteiger partial charge on any atom is 0.360 e. The topological polar surface area (TPSA) is 11.3 Å². The number of halogens is 3. The molecule has 1 heterocycles. The summed E-state index contributed by atoms with van der Waals surface area (Å²) in [6, 6.07) is 18.3. The standard InChI is InChI=1S/C13H9O.3ClH.Zn/c1-3-7-12-10(5-1)9-11-6-2-4-8-13(11)14-12;;;;/h1-9H;3*1H;/q+1;;;;+2/p-3. The summed E-state index contributed by atoms with van der Waals surface area (Å²) in [5.41, 5.74) is 1.87. The average Bonchev–Trinajstić information content (AvgIpc) is 2.37. The van der Waals surface area contributed by atoms with Gasteiger partial charge in [-0.15, -0.1) is 0 Å². The van der Waals surface area contributed by atoms with E-state index in [-0.39, 0.29) is 12.4 Å². The molecule has 0 bridgehead atoms. The molecule has 3 aromatic rings. The molecular weight excluding hydrogens is 344 g/mol. The van der Waals surface area contributed by atoms with Crippen LogP contribution >= 0.6 is 19.4 Å². The molecule has 1 nitrogen and oxygen atoms in total. The Hall–Kier alpha value is -0.397. The van der Waals surface area contributed by atoms with Gasteiger partial charge in [0.1, 0.15) is 0 Å². The molecule has 0 saturated heterocycles. The number of benzene rings is 2. The molecule has 0 saturated carbocycles. The second-order valence-corrected chi connectivity index (χ2v) is 8.05. The molecule has 3 rings (SSSR count). The summed E-state index contributed by atoms with van der Waals surface area (Å²) in [6.07, 6.45) is 0. The largest absolute Gasteiger partial charge is 0.360 e. The third-order valence-corrected chi connectivity index (χ3v) is 2.37. The first-order valence-electron chi connectivity index (χ1n) is 5.17. The third kappa shape index (κ3) is 3.80. The molecule has 1 aromatic heterocycles. The zero-order chi connectivity index (χ0) is 12.1. The molecular formula is C13H9Cl3OZn. The maximum atomic E-state index is 5.75. The minimum Gasteiger partial charge on any atom is -0.207 e. The number of para-hydroxylation sites is 2. The zero-order valence-corrected chi connectivity index (χ0v) is 14.7. The van der Waals surface area contributed by atoms with E-state index in [4.69, 9.17) is 23.8 Å². The van der Waals surface area contributed by atoms with Crippen LogP contribution in [0.5, 0.6) is 0 Å². The van der Waals surface area contributed by atoms with Crippen molar-refractivity contribution < 1.29 is 32.0 Å². The fourth-order valence-electron chi connectivity index (χ4n) is 1.67. The predicted octanol–water partition coefficient (Wildman–Crippen LogP) is 2.25. The van der Waals surface area contributed by atoms with Crippen molar-refractivity contribution in [2.24, 2.45) is 0 Å². The van der Waals surface area contributed by atoms with E-state index in [1.54, 1.807) is 0 Å². The molecule has 0 amide bonds. The van der Waals surface area contributed by atoms with Crippen LogP contribution in [0, 0.1) is 0 Å². The van der Waals surface area contributed by atoms with Crippen molar-refractivity contribution in [3.63, 3.8) is 0 Å². The van der Waals surface area contributed by atoms with Gasteiger partial charge in [-0.05, 0) is 18.2 Å². The van der Waals surface area contributed by atoms with E-state index in [2.05, 4.69) is 18.2 Å². The van der Waals surface area contributed by atoms with Crippen molar-refractivity contribution in [1.82, 2.24) is 0 Å². The molecule has 18 heavy (non-hydrogen) atoms. The Labute approximate surface area is 127 Å². The van der Waals surface area contributed by atoms with Crippen molar-refractivity contribution in [1.29, 1.82) is 0 Å². The fraction of sp³-hybridized carbons (Fsp3) is 0. The molecule has 0 N–H and O–H groups in total. The van der Waals surface area contributed by atoms with Gasteiger partial charge < -0.3 is 12.4 Å². The van der Waals surface area contributed by atoms with Gasteiger partial charge >= 0.3 is 45.7 Å². The smallest absolute Gasteiger partial charge is 0.207 e. The summed E-state index contributed by atoms with van der Waals surface area (Å²) >= 11 is -0.931. The van der Waals surface area contributed by atoms with Crippen LogP contribution in [-0.4, -0.2) is 0 Å². The monoisotopic (exact) mass is 350 g/mol. The minimum absolute atomic E-state index is 0. The van der Waals surface area contributed by atoms with Crippen LogP contribution in [0.4, 0.5) is 0 Å². The molecule has 0 aliphatic rings. The first-order valence-corrected chi connectivity index (χ1v) is 13.0. The van der Waals surface area contributed by atoms with Crippen LogP contribution < -0.4 is 12.4 Å². The number of fused-ring (bicyclic) bond motifs is 2. The number of hydrogen-bond donors (Lipinski definition) is 0. The summed E-state index contributed by atoms with van der Waals surface area (Å²) in [6.45, 7) is 0. The van der Waals surface area contributed by atoms with E-state index in [0.29, 0.717) is 0 Å². The molecule has 0 atom stereocenters.